The van der Waals surface area contributed by atoms with Crippen LogP contribution in [0.4, 0.5) is 0 Å². The number of fused-ring (bicyclic) bond motifs is 1. The number of rotatable bonds is 3. The summed E-state index contributed by atoms with van der Waals surface area (Å²) in [4.78, 5) is 19.3. The first-order chi connectivity index (χ1) is 12.7. The van der Waals surface area contributed by atoms with Crippen LogP contribution in [0.15, 0.2) is 40.1 Å². The van der Waals surface area contributed by atoms with E-state index in [1.54, 1.807) is 7.11 Å². The van der Waals surface area contributed by atoms with Crippen molar-refractivity contribution in [3.63, 3.8) is 0 Å². The van der Waals surface area contributed by atoms with Crippen LogP contribution in [0, 0.1) is 6.92 Å². The number of thiazole rings is 1. The van der Waals surface area contributed by atoms with E-state index in [0.29, 0.717) is 24.5 Å². The predicted molar refractivity (Wildman–Crippen MR) is 101 cm³/mol. The van der Waals surface area contributed by atoms with Gasteiger partial charge < -0.3 is 14.1 Å². The van der Waals surface area contributed by atoms with Crippen LogP contribution in [0.5, 0.6) is 5.75 Å². The number of carbonyl (C=O) groups is 1. The highest BCUT2D eigenvalue weighted by Crippen LogP contribution is 2.28. The molecular weight excluding hydrogens is 348 g/mol. The summed E-state index contributed by atoms with van der Waals surface area (Å²) in [5, 5.41) is 2.55. The molecule has 3 heterocycles. The molecule has 3 aromatic rings. The van der Waals surface area contributed by atoms with Crippen molar-refractivity contribution in [2.75, 3.05) is 20.2 Å². The minimum atomic E-state index is -0.0254. The van der Waals surface area contributed by atoms with Gasteiger partial charge in [-0.25, -0.2) is 4.98 Å². The standard InChI is InChI=1S/C20H20N2O3S/c1-13-6-7-18(25-13)19-21-16(12-26-19)20(23)22-10-8-14-4-3-5-17(24-2)15(14)9-11-22/h3-7,12H,8-11H2,1-2H3. The Morgan fingerprint density at radius 1 is 1.23 bits per heavy atom. The van der Waals surface area contributed by atoms with E-state index in [1.165, 1.54) is 22.5 Å². The zero-order valence-corrected chi connectivity index (χ0v) is 15.6. The Balaban J connectivity index is 1.52. The molecule has 26 heavy (non-hydrogen) atoms. The molecule has 0 N–H and O–H groups in total. The summed E-state index contributed by atoms with van der Waals surface area (Å²) in [6, 6.07) is 9.89. The third-order valence-corrected chi connectivity index (χ3v) is 5.55. The van der Waals surface area contributed by atoms with E-state index in [0.717, 1.165) is 29.4 Å². The normalized spacial score (nSPS) is 14.0. The molecule has 0 bridgehead atoms. The molecule has 0 spiro atoms. The van der Waals surface area contributed by atoms with Gasteiger partial charge in [0.05, 0.1) is 7.11 Å². The van der Waals surface area contributed by atoms with Gasteiger partial charge in [-0.1, -0.05) is 12.1 Å². The zero-order chi connectivity index (χ0) is 18.1. The molecule has 1 aromatic carbocycles. The molecule has 0 atom stereocenters. The molecule has 134 valence electrons. The van der Waals surface area contributed by atoms with E-state index in [2.05, 4.69) is 11.1 Å². The van der Waals surface area contributed by atoms with Crippen LogP contribution < -0.4 is 4.74 Å². The molecule has 0 aliphatic carbocycles. The first kappa shape index (κ1) is 16.8. The number of aromatic nitrogens is 1. The minimum absolute atomic E-state index is 0.0254. The van der Waals surface area contributed by atoms with Gasteiger partial charge in [0.25, 0.3) is 5.91 Å². The highest BCUT2D eigenvalue weighted by Gasteiger charge is 2.23. The lowest BCUT2D eigenvalue weighted by Crippen LogP contribution is -2.33. The van der Waals surface area contributed by atoms with Gasteiger partial charge in [0.1, 0.15) is 17.2 Å². The number of benzene rings is 1. The lowest BCUT2D eigenvalue weighted by Gasteiger charge is -2.18. The van der Waals surface area contributed by atoms with Crippen LogP contribution in [0.2, 0.25) is 0 Å². The Morgan fingerprint density at radius 2 is 2.08 bits per heavy atom. The van der Waals surface area contributed by atoms with Crippen molar-refractivity contribution in [3.05, 3.63) is 58.3 Å². The van der Waals surface area contributed by atoms with Gasteiger partial charge in [-0.15, -0.1) is 11.3 Å². The first-order valence-corrected chi connectivity index (χ1v) is 9.50. The Morgan fingerprint density at radius 3 is 2.85 bits per heavy atom. The summed E-state index contributed by atoms with van der Waals surface area (Å²) in [7, 11) is 1.69. The maximum Gasteiger partial charge on any atom is 0.273 e. The van der Waals surface area contributed by atoms with Crippen LogP contribution in [0.25, 0.3) is 10.8 Å². The second-order valence-electron chi connectivity index (χ2n) is 6.34. The maximum atomic E-state index is 12.9. The lowest BCUT2D eigenvalue weighted by atomic mass is 10.0. The van der Waals surface area contributed by atoms with Gasteiger partial charge in [0, 0.05) is 18.5 Å². The third-order valence-electron chi connectivity index (χ3n) is 4.69. The zero-order valence-electron chi connectivity index (χ0n) is 14.8. The molecule has 5 nitrogen and oxygen atoms in total. The van der Waals surface area contributed by atoms with Crippen LogP contribution in [-0.4, -0.2) is 36.0 Å². The number of carbonyl (C=O) groups excluding carboxylic acids is 1. The van der Waals surface area contributed by atoms with E-state index >= 15 is 0 Å². The number of ether oxygens (including phenoxy) is 1. The van der Waals surface area contributed by atoms with Gasteiger partial charge in [0.15, 0.2) is 10.8 Å². The second-order valence-corrected chi connectivity index (χ2v) is 7.20. The highest BCUT2D eigenvalue weighted by molar-refractivity contribution is 7.13. The average molecular weight is 368 g/mol. The third kappa shape index (κ3) is 3.12. The Hall–Kier alpha value is -2.60. The predicted octanol–water partition coefficient (Wildman–Crippen LogP) is 3.96. The molecule has 0 saturated heterocycles. The van der Waals surface area contributed by atoms with Gasteiger partial charge >= 0.3 is 0 Å². The lowest BCUT2D eigenvalue weighted by molar-refractivity contribution is 0.0758. The Bertz CT molecular complexity index is 944. The quantitative estimate of drug-likeness (QED) is 0.702. The van der Waals surface area contributed by atoms with Gasteiger partial charge in [-0.2, -0.15) is 0 Å². The van der Waals surface area contributed by atoms with Crippen LogP contribution in [0.1, 0.15) is 27.4 Å². The first-order valence-electron chi connectivity index (χ1n) is 8.62. The van der Waals surface area contributed by atoms with Crippen molar-refractivity contribution in [2.45, 2.75) is 19.8 Å². The van der Waals surface area contributed by atoms with E-state index in [9.17, 15) is 4.79 Å². The van der Waals surface area contributed by atoms with Crippen LogP contribution in [0.3, 0.4) is 0 Å². The number of aryl methyl sites for hydroxylation is 1. The highest BCUT2D eigenvalue weighted by atomic mass is 32.1. The number of furan rings is 1. The molecule has 1 aliphatic rings. The molecular formula is C20H20N2O3S. The van der Waals surface area contributed by atoms with Crippen molar-refractivity contribution in [1.29, 1.82) is 0 Å². The number of nitrogens with zero attached hydrogens (tertiary/aromatic N) is 2. The van der Waals surface area contributed by atoms with Gasteiger partial charge in [0.2, 0.25) is 0 Å². The summed E-state index contributed by atoms with van der Waals surface area (Å²) in [6.45, 7) is 3.25. The topological polar surface area (TPSA) is 55.6 Å². The summed E-state index contributed by atoms with van der Waals surface area (Å²) < 4.78 is 11.1. The summed E-state index contributed by atoms with van der Waals surface area (Å²) >= 11 is 1.43. The number of methoxy groups -OCH3 is 1. The maximum absolute atomic E-state index is 12.9. The Labute approximate surface area is 156 Å². The van der Waals surface area contributed by atoms with Crippen molar-refractivity contribution in [3.8, 4) is 16.5 Å². The van der Waals surface area contributed by atoms with Gasteiger partial charge in [-0.05, 0) is 49.1 Å². The fourth-order valence-electron chi connectivity index (χ4n) is 3.33. The molecule has 1 amide bonds. The van der Waals surface area contributed by atoms with Gasteiger partial charge in [-0.3, -0.25) is 4.79 Å². The van der Waals surface area contributed by atoms with Crippen molar-refractivity contribution < 1.29 is 13.9 Å². The minimum Gasteiger partial charge on any atom is -0.496 e. The largest absolute Gasteiger partial charge is 0.496 e. The summed E-state index contributed by atoms with van der Waals surface area (Å²) in [5.41, 5.74) is 2.94. The number of hydrogen-bond acceptors (Lipinski definition) is 5. The monoisotopic (exact) mass is 368 g/mol. The SMILES string of the molecule is COc1cccc2c1CCN(C(=O)c1csc(-c3ccc(C)o3)n1)CC2. The fourth-order valence-corrected chi connectivity index (χ4v) is 4.09. The molecule has 0 unspecified atom stereocenters. The second kappa shape index (κ2) is 6.96. The van der Waals surface area contributed by atoms with E-state index in [4.69, 9.17) is 9.15 Å². The molecule has 1 aliphatic heterocycles. The van der Waals surface area contributed by atoms with Crippen LogP contribution in [-0.2, 0) is 12.8 Å². The summed E-state index contributed by atoms with van der Waals surface area (Å²) in [6.07, 6.45) is 1.62. The van der Waals surface area contributed by atoms with Crippen molar-refractivity contribution >= 4 is 17.2 Å². The molecule has 0 saturated carbocycles. The van der Waals surface area contributed by atoms with E-state index in [1.807, 2.05) is 41.5 Å². The van der Waals surface area contributed by atoms with Crippen molar-refractivity contribution in [2.24, 2.45) is 0 Å². The average Bonchev–Trinajstić information content (AvgIpc) is 3.25. The number of hydrogen-bond donors (Lipinski definition) is 0. The number of amides is 1. The molecule has 2 aromatic heterocycles. The van der Waals surface area contributed by atoms with E-state index in [-0.39, 0.29) is 5.91 Å². The van der Waals surface area contributed by atoms with Crippen LogP contribution >= 0.6 is 11.3 Å². The fraction of sp³-hybridized carbons (Fsp3) is 0.300. The van der Waals surface area contributed by atoms with Crippen molar-refractivity contribution in [1.82, 2.24) is 9.88 Å². The Kier molecular flexibility index (Phi) is 4.51. The molecule has 4 rings (SSSR count). The molecule has 6 heteroatoms. The molecule has 0 fully saturated rings. The summed E-state index contributed by atoms with van der Waals surface area (Å²) in [5.74, 6) is 2.42. The smallest absolute Gasteiger partial charge is 0.273 e. The molecule has 0 radical (unpaired) electrons. The van der Waals surface area contributed by atoms with E-state index < -0.39 is 0 Å².